The number of fused-ring (bicyclic) bond motifs is 1. The molecule has 7 heteroatoms. The third-order valence-corrected chi connectivity index (χ3v) is 6.39. The van der Waals surface area contributed by atoms with Crippen molar-refractivity contribution in [1.29, 1.82) is 0 Å². The maximum absolute atomic E-state index is 13.0. The lowest BCUT2D eigenvalue weighted by atomic mass is 9.90. The molecule has 2 aromatic carbocycles. The van der Waals surface area contributed by atoms with Crippen LogP contribution in [0.2, 0.25) is 0 Å². The number of amides is 1. The van der Waals surface area contributed by atoms with Gasteiger partial charge in [0, 0.05) is 19.4 Å². The molecule has 1 fully saturated rings. The summed E-state index contributed by atoms with van der Waals surface area (Å²) in [5.74, 6) is -0.385. The number of aliphatic hydroxyl groups excluding tert-OH is 1. The maximum atomic E-state index is 13.0. The summed E-state index contributed by atoms with van der Waals surface area (Å²) in [7, 11) is 1.61. The highest BCUT2D eigenvalue weighted by Gasteiger charge is 2.31. The molecular formula is C27H31N3O4. The highest BCUT2D eigenvalue weighted by molar-refractivity contribution is 5.89. The van der Waals surface area contributed by atoms with Crippen LogP contribution in [0.3, 0.4) is 0 Å². The highest BCUT2D eigenvalue weighted by Crippen LogP contribution is 2.35. The molecule has 3 atom stereocenters. The molecule has 178 valence electrons. The molecule has 34 heavy (non-hydrogen) atoms. The van der Waals surface area contributed by atoms with Gasteiger partial charge in [0.2, 0.25) is 5.91 Å². The fourth-order valence-corrected chi connectivity index (χ4v) is 4.20. The lowest BCUT2D eigenvalue weighted by Gasteiger charge is -2.26. The molecule has 1 amide bonds. The Bertz CT molecular complexity index is 1120. The van der Waals surface area contributed by atoms with E-state index in [9.17, 15) is 14.7 Å². The predicted molar refractivity (Wildman–Crippen MR) is 129 cm³/mol. The van der Waals surface area contributed by atoms with Crippen molar-refractivity contribution in [3.63, 3.8) is 0 Å². The van der Waals surface area contributed by atoms with Gasteiger partial charge in [0.1, 0.15) is 6.10 Å². The van der Waals surface area contributed by atoms with Crippen molar-refractivity contribution in [2.75, 3.05) is 7.05 Å². The fourth-order valence-electron chi connectivity index (χ4n) is 4.20. The minimum Gasteiger partial charge on any atom is -0.454 e. The van der Waals surface area contributed by atoms with Gasteiger partial charge in [-0.3, -0.25) is 9.78 Å². The van der Waals surface area contributed by atoms with Gasteiger partial charge < -0.3 is 15.2 Å². The van der Waals surface area contributed by atoms with Crippen molar-refractivity contribution in [2.24, 2.45) is 11.8 Å². The molecule has 0 spiro atoms. The SMILES string of the molecule is CNC(=O)[C@H](CCC1CC1)C[C@H](O)[C@H](Cc1ccccc1)OC(=O)c1cnc2ccccc2n1. The van der Waals surface area contributed by atoms with Crippen LogP contribution in [0.1, 0.15) is 48.2 Å². The van der Waals surface area contributed by atoms with E-state index in [-0.39, 0.29) is 23.9 Å². The minimum atomic E-state index is -1.00. The minimum absolute atomic E-state index is 0.0838. The fraction of sp³-hybridized carbons (Fsp3) is 0.407. The Hall–Kier alpha value is -3.32. The summed E-state index contributed by atoms with van der Waals surface area (Å²) < 4.78 is 5.78. The first-order valence-corrected chi connectivity index (χ1v) is 11.9. The zero-order valence-electron chi connectivity index (χ0n) is 19.4. The number of hydrogen-bond donors (Lipinski definition) is 2. The molecule has 0 bridgehead atoms. The van der Waals surface area contributed by atoms with Crippen LogP contribution >= 0.6 is 0 Å². The van der Waals surface area contributed by atoms with E-state index in [1.54, 1.807) is 13.1 Å². The second kappa shape index (κ2) is 11.2. The van der Waals surface area contributed by atoms with Crippen LogP contribution in [0.15, 0.2) is 60.8 Å². The van der Waals surface area contributed by atoms with Crippen molar-refractivity contribution in [3.8, 4) is 0 Å². The van der Waals surface area contributed by atoms with Gasteiger partial charge in [-0.1, -0.05) is 55.3 Å². The standard InChI is InChI=1S/C27H31N3O4/c1-28-26(32)20(14-13-18-11-12-18)16-24(31)25(15-19-7-3-2-4-8-19)34-27(33)23-17-29-21-9-5-6-10-22(21)30-23/h2-10,17-18,20,24-25,31H,11-16H2,1H3,(H,28,32)/t20-,24+,25+/m1/s1. The van der Waals surface area contributed by atoms with Crippen molar-refractivity contribution in [3.05, 3.63) is 72.1 Å². The zero-order valence-corrected chi connectivity index (χ0v) is 19.4. The number of para-hydroxylation sites is 2. The molecule has 1 aromatic heterocycles. The number of nitrogens with zero attached hydrogens (tertiary/aromatic N) is 2. The van der Waals surface area contributed by atoms with Crippen molar-refractivity contribution in [2.45, 2.75) is 50.7 Å². The second-order valence-corrected chi connectivity index (χ2v) is 9.01. The quantitative estimate of drug-likeness (QED) is 0.422. The Morgan fingerprint density at radius 3 is 2.50 bits per heavy atom. The van der Waals surface area contributed by atoms with E-state index >= 15 is 0 Å². The topological polar surface area (TPSA) is 101 Å². The molecule has 4 rings (SSSR count). The third kappa shape index (κ3) is 6.38. The van der Waals surface area contributed by atoms with Crippen LogP contribution in [0, 0.1) is 11.8 Å². The second-order valence-electron chi connectivity index (χ2n) is 9.01. The van der Waals surface area contributed by atoms with Gasteiger partial charge in [-0.2, -0.15) is 0 Å². The molecule has 0 aliphatic heterocycles. The number of ether oxygens (including phenoxy) is 1. The molecule has 7 nitrogen and oxygen atoms in total. The Morgan fingerprint density at radius 2 is 1.79 bits per heavy atom. The Labute approximate surface area is 199 Å². The monoisotopic (exact) mass is 461 g/mol. The van der Waals surface area contributed by atoms with Crippen LogP contribution < -0.4 is 5.32 Å². The number of hydrogen-bond acceptors (Lipinski definition) is 6. The van der Waals surface area contributed by atoms with Gasteiger partial charge in [-0.25, -0.2) is 9.78 Å². The number of esters is 1. The van der Waals surface area contributed by atoms with E-state index < -0.39 is 18.2 Å². The lowest BCUT2D eigenvalue weighted by Crippen LogP contribution is -2.38. The van der Waals surface area contributed by atoms with Gasteiger partial charge in [0.25, 0.3) is 0 Å². The molecular weight excluding hydrogens is 430 g/mol. The molecule has 1 aliphatic rings. The molecule has 1 aliphatic carbocycles. The average molecular weight is 462 g/mol. The molecule has 1 saturated carbocycles. The van der Waals surface area contributed by atoms with Crippen LogP contribution in [-0.2, 0) is 16.0 Å². The molecule has 0 unspecified atom stereocenters. The average Bonchev–Trinajstić information content (AvgIpc) is 3.70. The van der Waals surface area contributed by atoms with E-state index in [4.69, 9.17) is 4.74 Å². The predicted octanol–water partition coefficient (Wildman–Crippen LogP) is 3.70. The Balaban J connectivity index is 1.50. The zero-order chi connectivity index (χ0) is 23.9. The van der Waals surface area contributed by atoms with Gasteiger partial charge in [-0.15, -0.1) is 0 Å². The van der Waals surface area contributed by atoms with Crippen LogP contribution in [0.25, 0.3) is 11.0 Å². The number of aromatic nitrogens is 2. The Kier molecular flexibility index (Phi) is 7.85. The smallest absolute Gasteiger partial charge is 0.358 e. The number of aliphatic hydroxyl groups is 1. The van der Waals surface area contributed by atoms with E-state index in [1.807, 2.05) is 48.5 Å². The summed E-state index contributed by atoms with van der Waals surface area (Å²) in [6, 6.07) is 16.8. The molecule has 1 heterocycles. The maximum Gasteiger partial charge on any atom is 0.358 e. The van der Waals surface area contributed by atoms with Crippen LogP contribution in [-0.4, -0.2) is 46.2 Å². The van der Waals surface area contributed by atoms with Crippen LogP contribution in [0.5, 0.6) is 0 Å². The molecule has 0 saturated heterocycles. The summed E-state index contributed by atoms with van der Waals surface area (Å²) in [5, 5.41) is 13.9. The molecule has 3 aromatic rings. The first kappa shape index (κ1) is 23.8. The Morgan fingerprint density at radius 1 is 1.09 bits per heavy atom. The summed E-state index contributed by atoms with van der Waals surface area (Å²) in [4.78, 5) is 34.1. The van der Waals surface area contributed by atoms with Gasteiger partial charge in [-0.05, 0) is 42.9 Å². The molecule has 0 radical (unpaired) electrons. The number of carbonyl (C=O) groups excluding carboxylic acids is 2. The lowest BCUT2D eigenvalue weighted by molar-refractivity contribution is -0.126. The van der Waals surface area contributed by atoms with Crippen molar-refractivity contribution < 1.29 is 19.4 Å². The van der Waals surface area contributed by atoms with Crippen molar-refractivity contribution >= 4 is 22.9 Å². The first-order valence-electron chi connectivity index (χ1n) is 11.9. The number of carbonyl (C=O) groups is 2. The van der Waals surface area contributed by atoms with Crippen LogP contribution in [0.4, 0.5) is 0 Å². The van der Waals surface area contributed by atoms with E-state index in [0.29, 0.717) is 29.8 Å². The number of nitrogens with one attached hydrogen (secondary N) is 1. The van der Waals surface area contributed by atoms with Gasteiger partial charge >= 0.3 is 5.97 Å². The van der Waals surface area contributed by atoms with Crippen molar-refractivity contribution in [1.82, 2.24) is 15.3 Å². The van der Waals surface area contributed by atoms with Gasteiger partial charge in [0.05, 0.1) is 23.3 Å². The van der Waals surface area contributed by atoms with E-state index in [0.717, 1.165) is 12.0 Å². The summed E-state index contributed by atoms with van der Waals surface area (Å²) in [6.07, 6.45) is 4.23. The normalized spacial score (nSPS) is 15.9. The van der Waals surface area contributed by atoms with E-state index in [1.165, 1.54) is 19.0 Å². The highest BCUT2D eigenvalue weighted by atomic mass is 16.6. The summed E-state index contributed by atoms with van der Waals surface area (Å²) >= 11 is 0. The molecule has 2 N–H and O–H groups in total. The van der Waals surface area contributed by atoms with E-state index in [2.05, 4.69) is 15.3 Å². The number of rotatable bonds is 11. The third-order valence-electron chi connectivity index (χ3n) is 6.39. The summed E-state index contributed by atoms with van der Waals surface area (Å²) in [5.41, 5.74) is 2.29. The first-order chi connectivity index (χ1) is 16.5. The van der Waals surface area contributed by atoms with Gasteiger partial charge in [0.15, 0.2) is 5.69 Å². The summed E-state index contributed by atoms with van der Waals surface area (Å²) in [6.45, 7) is 0. The largest absolute Gasteiger partial charge is 0.454 e. The number of benzene rings is 2.